The van der Waals surface area contributed by atoms with E-state index in [1.807, 2.05) is 68.8 Å². The standard InChI is InChI=1S/C21H23O2/c1-3-5-20(22)18-11-7-16(8-12-18)15-17-9-13-19(14-10-17)21(23)6-4-2/h7-15H,3-6H2,1-2H3. The molecule has 0 fully saturated rings. The van der Waals surface area contributed by atoms with Gasteiger partial charge >= 0.3 is 0 Å². The molecule has 2 nitrogen and oxygen atoms in total. The van der Waals surface area contributed by atoms with E-state index in [-0.39, 0.29) is 11.6 Å². The fourth-order valence-corrected chi connectivity index (χ4v) is 2.47. The largest absolute Gasteiger partial charge is 0.294 e. The first kappa shape index (κ1) is 17.1. The van der Waals surface area contributed by atoms with Crippen LogP contribution < -0.4 is 0 Å². The first-order valence-corrected chi connectivity index (χ1v) is 8.25. The quantitative estimate of drug-likeness (QED) is 0.624. The van der Waals surface area contributed by atoms with Crippen molar-refractivity contribution in [3.05, 3.63) is 77.2 Å². The molecule has 0 atom stereocenters. The van der Waals surface area contributed by atoms with E-state index in [0.717, 1.165) is 35.1 Å². The Morgan fingerprint density at radius 3 is 1.35 bits per heavy atom. The Hall–Kier alpha value is -2.22. The van der Waals surface area contributed by atoms with Gasteiger partial charge in [0.15, 0.2) is 11.6 Å². The zero-order valence-electron chi connectivity index (χ0n) is 13.8. The molecule has 0 aliphatic carbocycles. The van der Waals surface area contributed by atoms with Crippen LogP contribution in [0.3, 0.4) is 0 Å². The molecule has 0 bridgehead atoms. The molecule has 0 spiro atoms. The molecule has 0 saturated heterocycles. The van der Waals surface area contributed by atoms with Crippen LogP contribution in [0.1, 0.15) is 71.4 Å². The lowest BCUT2D eigenvalue weighted by atomic mass is 9.99. The zero-order chi connectivity index (χ0) is 16.7. The van der Waals surface area contributed by atoms with E-state index in [9.17, 15) is 9.59 Å². The van der Waals surface area contributed by atoms with Crippen molar-refractivity contribution in [3.63, 3.8) is 0 Å². The highest BCUT2D eigenvalue weighted by Gasteiger charge is 2.06. The monoisotopic (exact) mass is 307 g/mol. The number of carbonyl (C=O) groups is 2. The number of benzene rings is 2. The van der Waals surface area contributed by atoms with Gasteiger partial charge in [-0.25, -0.2) is 0 Å². The van der Waals surface area contributed by atoms with Crippen molar-refractivity contribution in [1.29, 1.82) is 0 Å². The maximum Gasteiger partial charge on any atom is 0.162 e. The molecule has 0 aromatic heterocycles. The molecule has 2 aromatic rings. The number of hydrogen-bond donors (Lipinski definition) is 0. The molecule has 0 saturated carbocycles. The minimum atomic E-state index is 0.192. The predicted octanol–water partition coefficient (Wildman–Crippen LogP) is 5.25. The van der Waals surface area contributed by atoms with Gasteiger partial charge in [0.2, 0.25) is 0 Å². The van der Waals surface area contributed by atoms with Gasteiger partial charge in [-0.1, -0.05) is 62.4 Å². The summed E-state index contributed by atoms with van der Waals surface area (Å²) in [5, 5.41) is 0. The Kier molecular flexibility index (Phi) is 6.28. The highest BCUT2D eigenvalue weighted by atomic mass is 16.1. The summed E-state index contributed by atoms with van der Waals surface area (Å²) in [7, 11) is 0. The summed E-state index contributed by atoms with van der Waals surface area (Å²) in [4.78, 5) is 23.7. The second kappa shape index (κ2) is 8.42. The highest BCUT2D eigenvalue weighted by molar-refractivity contribution is 5.96. The van der Waals surface area contributed by atoms with Crippen molar-refractivity contribution in [3.8, 4) is 0 Å². The van der Waals surface area contributed by atoms with Gasteiger partial charge in [0.25, 0.3) is 0 Å². The maximum absolute atomic E-state index is 11.8. The topological polar surface area (TPSA) is 34.1 Å². The minimum Gasteiger partial charge on any atom is -0.294 e. The van der Waals surface area contributed by atoms with E-state index in [0.29, 0.717) is 12.8 Å². The molecule has 0 unspecified atom stereocenters. The second-order valence-electron chi connectivity index (χ2n) is 5.73. The molecule has 23 heavy (non-hydrogen) atoms. The molecule has 0 heterocycles. The summed E-state index contributed by atoms with van der Waals surface area (Å²) in [6.07, 6.45) is 4.97. The molecular formula is C21H23O2. The molecule has 1 radical (unpaired) electrons. The molecule has 0 amide bonds. The van der Waals surface area contributed by atoms with E-state index in [1.54, 1.807) is 0 Å². The van der Waals surface area contributed by atoms with Crippen LogP contribution in [-0.4, -0.2) is 11.6 Å². The zero-order valence-corrected chi connectivity index (χ0v) is 13.8. The minimum absolute atomic E-state index is 0.192. The molecule has 0 aliphatic rings. The Bertz CT molecular complexity index is 592. The second-order valence-corrected chi connectivity index (χ2v) is 5.73. The van der Waals surface area contributed by atoms with E-state index in [2.05, 4.69) is 0 Å². The Labute approximate surface area is 138 Å². The third-order valence-electron chi connectivity index (χ3n) is 3.75. The number of Topliss-reactive ketones (excluding diaryl/α,β-unsaturated/α-hetero) is 2. The summed E-state index contributed by atoms with van der Waals surface area (Å²) in [5.74, 6) is 0.385. The molecule has 2 heteroatoms. The first-order chi connectivity index (χ1) is 11.1. The fourth-order valence-electron chi connectivity index (χ4n) is 2.47. The van der Waals surface area contributed by atoms with Gasteiger partial charge in [0.05, 0.1) is 0 Å². The fraction of sp³-hybridized carbons (Fsp3) is 0.286. The molecule has 119 valence electrons. The van der Waals surface area contributed by atoms with Crippen LogP contribution in [0.15, 0.2) is 48.5 Å². The SMILES string of the molecule is CCCC(=O)c1ccc([CH]c2ccc(C(=O)CCC)cc2)cc1. The Balaban J connectivity index is 2.02. The number of carbonyl (C=O) groups excluding carboxylic acids is 2. The van der Waals surface area contributed by atoms with Gasteiger partial charge in [0.1, 0.15) is 0 Å². The van der Waals surface area contributed by atoms with E-state index in [1.165, 1.54) is 0 Å². The molecular weight excluding hydrogens is 284 g/mol. The smallest absolute Gasteiger partial charge is 0.162 e. The Morgan fingerprint density at radius 2 is 1.04 bits per heavy atom. The highest BCUT2D eigenvalue weighted by Crippen LogP contribution is 2.16. The van der Waals surface area contributed by atoms with Crippen molar-refractivity contribution in [2.45, 2.75) is 39.5 Å². The summed E-state index contributed by atoms with van der Waals surface area (Å²) in [5.41, 5.74) is 3.63. The normalized spacial score (nSPS) is 10.5. The Morgan fingerprint density at radius 1 is 0.696 bits per heavy atom. The van der Waals surface area contributed by atoms with E-state index in [4.69, 9.17) is 0 Å². The van der Waals surface area contributed by atoms with E-state index >= 15 is 0 Å². The van der Waals surface area contributed by atoms with Crippen molar-refractivity contribution in [1.82, 2.24) is 0 Å². The third-order valence-corrected chi connectivity index (χ3v) is 3.75. The van der Waals surface area contributed by atoms with Crippen LogP contribution in [0.25, 0.3) is 0 Å². The third kappa shape index (κ3) is 4.88. The van der Waals surface area contributed by atoms with Gasteiger partial charge in [-0.15, -0.1) is 0 Å². The van der Waals surface area contributed by atoms with E-state index < -0.39 is 0 Å². The van der Waals surface area contributed by atoms with Crippen molar-refractivity contribution < 1.29 is 9.59 Å². The maximum atomic E-state index is 11.8. The molecule has 2 aromatic carbocycles. The summed E-state index contributed by atoms with van der Waals surface area (Å²) in [6.45, 7) is 4.02. The first-order valence-electron chi connectivity index (χ1n) is 8.25. The lowest BCUT2D eigenvalue weighted by Gasteiger charge is -2.05. The average Bonchev–Trinajstić information content (AvgIpc) is 2.56. The molecule has 0 aliphatic heterocycles. The van der Waals surface area contributed by atoms with Gasteiger partial charge < -0.3 is 0 Å². The van der Waals surface area contributed by atoms with Crippen LogP contribution in [0.2, 0.25) is 0 Å². The van der Waals surface area contributed by atoms with Crippen LogP contribution in [0.4, 0.5) is 0 Å². The van der Waals surface area contributed by atoms with Gasteiger partial charge in [-0.2, -0.15) is 0 Å². The number of ketones is 2. The summed E-state index contributed by atoms with van der Waals surface area (Å²) in [6, 6.07) is 15.3. The van der Waals surface area contributed by atoms with Gasteiger partial charge in [-0.3, -0.25) is 9.59 Å². The molecule has 2 rings (SSSR count). The van der Waals surface area contributed by atoms with Crippen molar-refractivity contribution in [2.75, 3.05) is 0 Å². The van der Waals surface area contributed by atoms with Gasteiger partial charge in [-0.05, 0) is 24.0 Å². The van der Waals surface area contributed by atoms with Crippen LogP contribution >= 0.6 is 0 Å². The predicted molar refractivity (Wildman–Crippen MR) is 93.9 cm³/mol. The van der Waals surface area contributed by atoms with Crippen LogP contribution in [0.5, 0.6) is 0 Å². The number of rotatable bonds is 8. The summed E-state index contributed by atoms with van der Waals surface area (Å²) >= 11 is 0. The van der Waals surface area contributed by atoms with Crippen molar-refractivity contribution >= 4 is 11.6 Å². The van der Waals surface area contributed by atoms with Crippen molar-refractivity contribution in [2.24, 2.45) is 0 Å². The van der Waals surface area contributed by atoms with Gasteiger partial charge in [0, 0.05) is 30.4 Å². The lowest BCUT2D eigenvalue weighted by molar-refractivity contribution is 0.0973. The average molecular weight is 307 g/mol. The lowest BCUT2D eigenvalue weighted by Crippen LogP contribution is -1.99. The van der Waals surface area contributed by atoms with Crippen LogP contribution in [-0.2, 0) is 0 Å². The summed E-state index contributed by atoms with van der Waals surface area (Å²) < 4.78 is 0. The van der Waals surface area contributed by atoms with Crippen LogP contribution in [0, 0.1) is 6.42 Å². The molecule has 0 N–H and O–H groups in total. The number of hydrogen-bond acceptors (Lipinski definition) is 2.